The Morgan fingerprint density at radius 1 is 1.58 bits per heavy atom. The summed E-state index contributed by atoms with van der Waals surface area (Å²) in [5.41, 5.74) is 0. The van der Waals surface area contributed by atoms with Crippen molar-refractivity contribution in [1.82, 2.24) is 0 Å². The molecule has 0 saturated carbocycles. The van der Waals surface area contributed by atoms with Crippen molar-refractivity contribution in [3.8, 4) is 0 Å². The van der Waals surface area contributed by atoms with Gasteiger partial charge in [0, 0.05) is 0 Å². The number of aliphatic hydroxyl groups excluding tert-OH is 1. The molecular formula is C11H20O. The monoisotopic (exact) mass is 168 g/mol. The van der Waals surface area contributed by atoms with E-state index in [-0.39, 0.29) is 6.10 Å². The van der Waals surface area contributed by atoms with Gasteiger partial charge in [-0.2, -0.15) is 0 Å². The summed E-state index contributed by atoms with van der Waals surface area (Å²) >= 11 is 0. The first-order chi connectivity index (χ1) is 5.75. The van der Waals surface area contributed by atoms with Crippen molar-refractivity contribution in [3.63, 3.8) is 0 Å². The summed E-state index contributed by atoms with van der Waals surface area (Å²) in [7, 11) is 0. The van der Waals surface area contributed by atoms with Crippen LogP contribution in [0.3, 0.4) is 0 Å². The lowest BCUT2D eigenvalue weighted by Crippen LogP contribution is -2.24. The van der Waals surface area contributed by atoms with Crippen LogP contribution in [0.1, 0.15) is 39.5 Å². The lowest BCUT2D eigenvalue weighted by Gasteiger charge is -2.26. The minimum atomic E-state index is -0.113. The molecule has 3 atom stereocenters. The highest BCUT2D eigenvalue weighted by Crippen LogP contribution is 2.27. The first-order valence-electron chi connectivity index (χ1n) is 5.10. The minimum absolute atomic E-state index is 0.113. The molecule has 0 heterocycles. The molecule has 0 spiro atoms. The Morgan fingerprint density at radius 2 is 2.33 bits per heavy atom. The van der Waals surface area contributed by atoms with Crippen LogP contribution >= 0.6 is 0 Å². The number of aliphatic hydroxyl groups is 1. The van der Waals surface area contributed by atoms with Crippen LogP contribution in [0.25, 0.3) is 0 Å². The van der Waals surface area contributed by atoms with Gasteiger partial charge in [-0.25, -0.2) is 0 Å². The van der Waals surface area contributed by atoms with Crippen LogP contribution in [-0.4, -0.2) is 11.2 Å². The average Bonchev–Trinajstić information content (AvgIpc) is 2.17. The maximum absolute atomic E-state index is 9.64. The standard InChI is InChI=1S/C11H20O/c1-3-11(12)9(2)10-7-5-4-6-8-10/h5,7,9-12H,3-4,6,8H2,1-2H3. The van der Waals surface area contributed by atoms with E-state index in [1.807, 2.05) is 6.92 Å². The third-order valence-corrected chi connectivity index (χ3v) is 2.99. The van der Waals surface area contributed by atoms with E-state index in [2.05, 4.69) is 19.1 Å². The van der Waals surface area contributed by atoms with E-state index in [1.165, 1.54) is 19.3 Å². The smallest absolute Gasteiger partial charge is 0.0568 e. The topological polar surface area (TPSA) is 20.2 Å². The molecular weight excluding hydrogens is 148 g/mol. The highest BCUT2D eigenvalue weighted by molar-refractivity contribution is 4.96. The van der Waals surface area contributed by atoms with Gasteiger partial charge < -0.3 is 5.11 Å². The van der Waals surface area contributed by atoms with Crippen molar-refractivity contribution >= 4 is 0 Å². The van der Waals surface area contributed by atoms with Gasteiger partial charge in [-0.1, -0.05) is 26.0 Å². The van der Waals surface area contributed by atoms with Gasteiger partial charge in [-0.05, 0) is 37.5 Å². The van der Waals surface area contributed by atoms with Gasteiger partial charge in [-0.15, -0.1) is 0 Å². The fourth-order valence-corrected chi connectivity index (χ4v) is 1.93. The zero-order chi connectivity index (χ0) is 8.97. The zero-order valence-electron chi connectivity index (χ0n) is 8.16. The van der Waals surface area contributed by atoms with Crippen molar-refractivity contribution in [2.45, 2.75) is 45.6 Å². The van der Waals surface area contributed by atoms with Crippen LogP contribution in [0, 0.1) is 11.8 Å². The summed E-state index contributed by atoms with van der Waals surface area (Å²) in [6.07, 6.45) is 9.09. The fourth-order valence-electron chi connectivity index (χ4n) is 1.93. The van der Waals surface area contributed by atoms with Crippen molar-refractivity contribution < 1.29 is 5.11 Å². The third-order valence-electron chi connectivity index (χ3n) is 2.99. The van der Waals surface area contributed by atoms with Crippen LogP contribution < -0.4 is 0 Å². The van der Waals surface area contributed by atoms with E-state index in [9.17, 15) is 5.11 Å². The molecule has 0 fully saturated rings. The van der Waals surface area contributed by atoms with Crippen molar-refractivity contribution in [1.29, 1.82) is 0 Å². The second-order valence-electron chi connectivity index (χ2n) is 3.86. The van der Waals surface area contributed by atoms with Gasteiger partial charge >= 0.3 is 0 Å². The van der Waals surface area contributed by atoms with Crippen LogP contribution in [0.4, 0.5) is 0 Å². The Balaban J connectivity index is 2.44. The fraction of sp³-hybridized carbons (Fsp3) is 0.818. The SMILES string of the molecule is CCC(O)C(C)C1C=CCCC1. The Hall–Kier alpha value is -0.300. The number of rotatable bonds is 3. The Labute approximate surface area is 75.5 Å². The molecule has 1 aliphatic rings. The molecule has 1 nitrogen and oxygen atoms in total. The van der Waals surface area contributed by atoms with E-state index in [4.69, 9.17) is 0 Å². The summed E-state index contributed by atoms with van der Waals surface area (Å²) in [5.74, 6) is 1.06. The highest BCUT2D eigenvalue weighted by atomic mass is 16.3. The normalized spacial score (nSPS) is 28.4. The average molecular weight is 168 g/mol. The molecule has 0 aromatic carbocycles. The minimum Gasteiger partial charge on any atom is -0.393 e. The van der Waals surface area contributed by atoms with Crippen LogP contribution in [0.2, 0.25) is 0 Å². The molecule has 0 saturated heterocycles. The highest BCUT2D eigenvalue weighted by Gasteiger charge is 2.21. The first kappa shape index (κ1) is 9.79. The summed E-state index contributed by atoms with van der Waals surface area (Å²) in [6, 6.07) is 0. The Bertz CT molecular complexity index is 151. The maximum atomic E-state index is 9.64. The molecule has 1 aliphatic carbocycles. The predicted molar refractivity (Wildman–Crippen MR) is 51.9 cm³/mol. The molecule has 0 bridgehead atoms. The molecule has 0 radical (unpaired) electrons. The molecule has 70 valence electrons. The van der Waals surface area contributed by atoms with Crippen LogP contribution in [0.15, 0.2) is 12.2 Å². The molecule has 0 aromatic heterocycles. The summed E-state index contributed by atoms with van der Waals surface area (Å²) in [6.45, 7) is 4.21. The van der Waals surface area contributed by atoms with E-state index in [1.54, 1.807) is 0 Å². The van der Waals surface area contributed by atoms with Crippen LogP contribution in [-0.2, 0) is 0 Å². The third kappa shape index (κ3) is 2.34. The second-order valence-corrected chi connectivity index (χ2v) is 3.86. The summed E-state index contributed by atoms with van der Waals surface area (Å²) < 4.78 is 0. The molecule has 1 N–H and O–H groups in total. The van der Waals surface area contributed by atoms with Crippen molar-refractivity contribution in [2.75, 3.05) is 0 Å². The summed E-state index contributed by atoms with van der Waals surface area (Å²) in [4.78, 5) is 0. The quantitative estimate of drug-likeness (QED) is 0.642. The van der Waals surface area contributed by atoms with Crippen LogP contribution in [0.5, 0.6) is 0 Å². The summed E-state index contributed by atoms with van der Waals surface area (Å²) in [5, 5.41) is 9.64. The Kier molecular flexibility index (Phi) is 3.80. The molecule has 0 aromatic rings. The van der Waals surface area contributed by atoms with Gasteiger partial charge in [0.05, 0.1) is 6.10 Å². The maximum Gasteiger partial charge on any atom is 0.0568 e. The van der Waals surface area contributed by atoms with Gasteiger partial charge in [0.2, 0.25) is 0 Å². The number of allylic oxidation sites excluding steroid dienone is 2. The number of hydrogen-bond acceptors (Lipinski definition) is 1. The van der Waals surface area contributed by atoms with Gasteiger partial charge in [0.25, 0.3) is 0 Å². The van der Waals surface area contributed by atoms with E-state index < -0.39 is 0 Å². The van der Waals surface area contributed by atoms with E-state index in [0.717, 1.165) is 6.42 Å². The molecule has 0 amide bonds. The molecule has 1 heteroatoms. The number of hydrogen-bond donors (Lipinski definition) is 1. The molecule has 0 aliphatic heterocycles. The molecule has 3 unspecified atom stereocenters. The predicted octanol–water partition coefficient (Wildman–Crippen LogP) is 2.75. The van der Waals surface area contributed by atoms with Gasteiger partial charge in [0.15, 0.2) is 0 Å². The van der Waals surface area contributed by atoms with Crippen molar-refractivity contribution in [3.05, 3.63) is 12.2 Å². The van der Waals surface area contributed by atoms with E-state index >= 15 is 0 Å². The van der Waals surface area contributed by atoms with E-state index in [0.29, 0.717) is 11.8 Å². The molecule has 1 rings (SSSR count). The zero-order valence-corrected chi connectivity index (χ0v) is 8.16. The lowest BCUT2D eigenvalue weighted by molar-refractivity contribution is 0.0870. The first-order valence-corrected chi connectivity index (χ1v) is 5.10. The van der Waals surface area contributed by atoms with Crippen molar-refractivity contribution in [2.24, 2.45) is 11.8 Å². The Morgan fingerprint density at radius 3 is 2.83 bits per heavy atom. The largest absolute Gasteiger partial charge is 0.393 e. The molecule has 12 heavy (non-hydrogen) atoms. The second kappa shape index (κ2) is 4.66. The lowest BCUT2D eigenvalue weighted by atomic mass is 9.82. The van der Waals surface area contributed by atoms with Gasteiger partial charge in [-0.3, -0.25) is 0 Å². The van der Waals surface area contributed by atoms with Gasteiger partial charge in [0.1, 0.15) is 0 Å².